The summed E-state index contributed by atoms with van der Waals surface area (Å²) in [6.07, 6.45) is 5.71. The highest BCUT2D eigenvalue weighted by atomic mass is 16.5. The molecule has 0 radical (unpaired) electrons. The minimum atomic E-state index is -0.699. The molecule has 4 heterocycles. The Morgan fingerprint density at radius 3 is 1.71 bits per heavy atom. The molecule has 0 spiro atoms. The van der Waals surface area contributed by atoms with E-state index >= 15 is 0 Å². The highest BCUT2D eigenvalue weighted by Crippen LogP contribution is 2.16. The first kappa shape index (κ1) is 13.8. The molecule has 0 fully saturated rings. The van der Waals surface area contributed by atoms with Gasteiger partial charge >= 0.3 is 17.6 Å². The number of hydrogen-bond donors (Lipinski definition) is 0. The van der Waals surface area contributed by atoms with Crippen LogP contribution in [0.3, 0.4) is 0 Å². The molecule has 0 saturated heterocycles. The lowest BCUT2D eigenvalue weighted by atomic mass is 10.3. The zero-order chi connectivity index (χ0) is 16.4. The van der Waals surface area contributed by atoms with E-state index < -0.39 is 5.78 Å². The molecule has 0 N–H and O–H groups in total. The Kier molecular flexibility index (Phi) is 3.28. The summed E-state index contributed by atoms with van der Waals surface area (Å²) in [5, 5.41) is 7.38. The molecule has 0 aliphatic rings. The zero-order valence-corrected chi connectivity index (χ0v) is 11.8. The van der Waals surface area contributed by atoms with E-state index in [-0.39, 0.29) is 23.4 Å². The standard InChI is InChI=1S/C13H6N8O3/c22-9(12-18-10(20-23-12)7-1-3-14-5-16-7)13-19-11(21-24-13)8-2-4-15-6-17-8/h1-6H. The maximum Gasteiger partial charge on any atom is 0.308 e. The number of carbonyl (C=O) groups is 1. The van der Waals surface area contributed by atoms with Gasteiger partial charge in [-0.05, 0) is 12.1 Å². The van der Waals surface area contributed by atoms with Gasteiger partial charge in [-0.2, -0.15) is 9.97 Å². The first-order valence-corrected chi connectivity index (χ1v) is 6.56. The summed E-state index contributed by atoms with van der Waals surface area (Å²) in [5.41, 5.74) is 0.833. The molecule has 0 amide bonds. The molecule has 0 aromatic carbocycles. The Balaban J connectivity index is 1.61. The van der Waals surface area contributed by atoms with Crippen LogP contribution in [0.2, 0.25) is 0 Å². The molecule has 24 heavy (non-hydrogen) atoms. The van der Waals surface area contributed by atoms with Crippen LogP contribution in [0.4, 0.5) is 0 Å². The molecule has 0 saturated carbocycles. The van der Waals surface area contributed by atoms with E-state index in [1.807, 2.05) is 0 Å². The highest BCUT2D eigenvalue weighted by molar-refractivity contribution is 6.02. The van der Waals surface area contributed by atoms with Crippen molar-refractivity contribution < 1.29 is 13.8 Å². The minimum absolute atomic E-state index is 0.149. The quantitative estimate of drug-likeness (QED) is 0.486. The van der Waals surface area contributed by atoms with E-state index in [2.05, 4.69) is 40.2 Å². The van der Waals surface area contributed by atoms with Gasteiger partial charge in [0.15, 0.2) is 0 Å². The SMILES string of the molecule is O=C(c1nc(-c2ccncn2)no1)c1nc(-c2ccncn2)no1. The van der Waals surface area contributed by atoms with Crippen LogP contribution in [0.25, 0.3) is 23.0 Å². The van der Waals surface area contributed by atoms with Gasteiger partial charge in [-0.3, -0.25) is 4.79 Å². The number of rotatable bonds is 4. The third-order valence-corrected chi connectivity index (χ3v) is 2.86. The molecule has 0 bridgehead atoms. The second-order valence-electron chi connectivity index (χ2n) is 4.36. The lowest BCUT2D eigenvalue weighted by Crippen LogP contribution is -2.02. The summed E-state index contributed by atoms with van der Waals surface area (Å²) in [5.74, 6) is -0.980. The fourth-order valence-corrected chi connectivity index (χ4v) is 1.78. The fraction of sp³-hybridized carbons (Fsp3) is 0. The van der Waals surface area contributed by atoms with Gasteiger partial charge < -0.3 is 9.05 Å². The van der Waals surface area contributed by atoms with Crippen LogP contribution in [0, 0.1) is 0 Å². The van der Waals surface area contributed by atoms with Crippen molar-refractivity contribution in [2.24, 2.45) is 0 Å². The predicted molar refractivity (Wildman–Crippen MR) is 74.1 cm³/mol. The maximum atomic E-state index is 12.3. The fourth-order valence-electron chi connectivity index (χ4n) is 1.78. The number of hydrogen-bond acceptors (Lipinski definition) is 11. The van der Waals surface area contributed by atoms with Crippen LogP contribution in [-0.2, 0) is 0 Å². The summed E-state index contributed by atoms with van der Waals surface area (Å²) in [7, 11) is 0. The average Bonchev–Trinajstić information content (AvgIpc) is 3.33. The Bertz CT molecular complexity index is 903. The molecule has 0 aliphatic carbocycles. The van der Waals surface area contributed by atoms with Crippen molar-refractivity contribution in [3.63, 3.8) is 0 Å². The van der Waals surface area contributed by atoms with Gasteiger partial charge in [0.25, 0.3) is 0 Å². The molecular formula is C13H6N8O3. The number of aromatic nitrogens is 8. The third kappa shape index (κ3) is 2.49. The van der Waals surface area contributed by atoms with E-state index in [1.54, 1.807) is 12.1 Å². The van der Waals surface area contributed by atoms with E-state index in [9.17, 15) is 4.79 Å². The summed E-state index contributed by atoms with van der Waals surface area (Å²) in [4.78, 5) is 35.7. The molecule has 4 aromatic heterocycles. The predicted octanol–water partition coefficient (Wildman–Crippen LogP) is 0.598. The van der Waals surface area contributed by atoms with Gasteiger partial charge in [-0.25, -0.2) is 19.9 Å². The Hall–Kier alpha value is -3.89. The summed E-state index contributed by atoms with van der Waals surface area (Å²) >= 11 is 0. The van der Waals surface area contributed by atoms with E-state index in [4.69, 9.17) is 9.05 Å². The summed E-state index contributed by atoms with van der Waals surface area (Å²) in [6.45, 7) is 0. The topological polar surface area (TPSA) is 146 Å². The van der Waals surface area contributed by atoms with Gasteiger partial charge in [-0.15, -0.1) is 0 Å². The number of ketones is 1. The van der Waals surface area contributed by atoms with Crippen molar-refractivity contribution in [2.45, 2.75) is 0 Å². The number of carbonyl (C=O) groups excluding carboxylic acids is 1. The number of nitrogens with zero attached hydrogens (tertiary/aromatic N) is 8. The molecule has 4 aromatic rings. The summed E-state index contributed by atoms with van der Waals surface area (Å²) < 4.78 is 9.85. The van der Waals surface area contributed by atoms with Crippen LogP contribution >= 0.6 is 0 Å². The molecule has 0 atom stereocenters. The average molecular weight is 322 g/mol. The van der Waals surface area contributed by atoms with Crippen LogP contribution < -0.4 is 0 Å². The van der Waals surface area contributed by atoms with Crippen LogP contribution in [0.15, 0.2) is 46.2 Å². The largest absolute Gasteiger partial charge is 0.330 e. The van der Waals surface area contributed by atoms with Gasteiger partial charge in [0.2, 0.25) is 11.6 Å². The molecule has 4 rings (SSSR count). The van der Waals surface area contributed by atoms with Crippen molar-refractivity contribution in [3.8, 4) is 23.0 Å². The second-order valence-corrected chi connectivity index (χ2v) is 4.36. The van der Waals surface area contributed by atoms with Gasteiger partial charge in [0.05, 0.1) is 0 Å². The van der Waals surface area contributed by atoms with Crippen molar-refractivity contribution in [3.05, 3.63) is 49.0 Å². The zero-order valence-electron chi connectivity index (χ0n) is 11.8. The van der Waals surface area contributed by atoms with E-state index in [1.165, 1.54) is 25.0 Å². The second kappa shape index (κ2) is 5.72. The Morgan fingerprint density at radius 1 is 0.792 bits per heavy atom. The van der Waals surface area contributed by atoms with Crippen molar-refractivity contribution in [1.82, 2.24) is 40.2 Å². The monoisotopic (exact) mass is 322 g/mol. The first-order chi connectivity index (χ1) is 11.8. The first-order valence-electron chi connectivity index (χ1n) is 6.56. The molecule has 11 nitrogen and oxygen atoms in total. The molecule has 0 unspecified atom stereocenters. The molecule has 116 valence electrons. The molecule has 11 heteroatoms. The lowest BCUT2D eigenvalue weighted by Gasteiger charge is -1.89. The van der Waals surface area contributed by atoms with Crippen molar-refractivity contribution in [2.75, 3.05) is 0 Å². The third-order valence-electron chi connectivity index (χ3n) is 2.86. The van der Waals surface area contributed by atoms with E-state index in [0.717, 1.165) is 0 Å². The Labute approximate surface area is 132 Å². The smallest absolute Gasteiger partial charge is 0.308 e. The van der Waals surface area contributed by atoms with E-state index in [0.29, 0.717) is 11.4 Å². The van der Waals surface area contributed by atoms with Gasteiger partial charge in [0.1, 0.15) is 24.0 Å². The van der Waals surface area contributed by atoms with Crippen molar-refractivity contribution >= 4 is 5.78 Å². The maximum absolute atomic E-state index is 12.3. The van der Waals surface area contributed by atoms with Gasteiger partial charge in [0, 0.05) is 12.4 Å². The van der Waals surface area contributed by atoms with Crippen LogP contribution in [0.1, 0.15) is 16.6 Å². The Morgan fingerprint density at radius 2 is 1.29 bits per heavy atom. The lowest BCUT2D eigenvalue weighted by molar-refractivity contribution is 0.0952. The minimum Gasteiger partial charge on any atom is -0.330 e. The van der Waals surface area contributed by atoms with Gasteiger partial charge in [-0.1, -0.05) is 10.3 Å². The molecule has 0 aliphatic heterocycles. The normalized spacial score (nSPS) is 10.7. The van der Waals surface area contributed by atoms with Crippen LogP contribution in [0.5, 0.6) is 0 Å². The summed E-state index contributed by atoms with van der Waals surface area (Å²) in [6, 6.07) is 3.16. The van der Waals surface area contributed by atoms with Crippen molar-refractivity contribution in [1.29, 1.82) is 0 Å². The molecular weight excluding hydrogens is 316 g/mol. The van der Waals surface area contributed by atoms with Crippen LogP contribution in [-0.4, -0.2) is 46.0 Å². The highest BCUT2D eigenvalue weighted by Gasteiger charge is 2.25.